The highest BCUT2D eigenvalue weighted by Crippen LogP contribution is 2.23. The van der Waals surface area contributed by atoms with Gasteiger partial charge in [0, 0.05) is 24.3 Å². The van der Waals surface area contributed by atoms with E-state index in [-0.39, 0.29) is 5.56 Å². The maximum Gasteiger partial charge on any atom is 0.128 e. The normalized spacial score (nSPS) is 12.7. The van der Waals surface area contributed by atoms with E-state index in [2.05, 4.69) is 5.10 Å². The molecule has 0 spiro atoms. The van der Waals surface area contributed by atoms with Gasteiger partial charge in [-0.15, -0.1) is 0 Å². The Morgan fingerprint density at radius 2 is 2.00 bits per heavy atom. The van der Waals surface area contributed by atoms with Crippen LogP contribution in [0.15, 0.2) is 18.2 Å². The second-order valence-corrected chi connectivity index (χ2v) is 4.75. The van der Waals surface area contributed by atoms with Crippen LogP contribution in [0.25, 0.3) is 0 Å². The molecule has 0 radical (unpaired) electrons. The summed E-state index contributed by atoms with van der Waals surface area (Å²) >= 11 is 0. The van der Waals surface area contributed by atoms with Gasteiger partial charge in [0.25, 0.3) is 0 Å². The number of aryl methyl sites for hydroxylation is 2. The van der Waals surface area contributed by atoms with E-state index in [1.807, 2.05) is 20.9 Å². The molecule has 0 amide bonds. The summed E-state index contributed by atoms with van der Waals surface area (Å²) in [5.41, 5.74) is 9.04. The van der Waals surface area contributed by atoms with Crippen molar-refractivity contribution in [2.45, 2.75) is 26.3 Å². The van der Waals surface area contributed by atoms with Crippen molar-refractivity contribution >= 4 is 0 Å². The molecular formula is C14H17F2N3. The first-order valence-corrected chi connectivity index (χ1v) is 6.09. The summed E-state index contributed by atoms with van der Waals surface area (Å²) in [5, 5.41) is 4.29. The second-order valence-electron chi connectivity index (χ2n) is 4.75. The molecule has 3 nitrogen and oxygen atoms in total. The zero-order chi connectivity index (χ0) is 14.2. The fourth-order valence-electron chi connectivity index (χ4n) is 2.24. The Bertz CT molecular complexity index is 605. The predicted molar refractivity (Wildman–Crippen MR) is 69.7 cm³/mol. The average molecular weight is 265 g/mol. The van der Waals surface area contributed by atoms with Crippen molar-refractivity contribution in [3.63, 3.8) is 0 Å². The molecule has 5 heteroatoms. The predicted octanol–water partition coefficient (Wildman–Crippen LogP) is 2.56. The Hall–Kier alpha value is -1.75. The molecule has 0 saturated carbocycles. The third-order valence-electron chi connectivity index (χ3n) is 3.44. The van der Waals surface area contributed by atoms with Crippen molar-refractivity contribution in [3.05, 3.63) is 52.3 Å². The lowest BCUT2D eigenvalue weighted by Crippen LogP contribution is -2.16. The molecule has 0 aliphatic heterocycles. The number of benzene rings is 1. The lowest BCUT2D eigenvalue weighted by Gasteiger charge is -2.13. The molecular weight excluding hydrogens is 248 g/mol. The lowest BCUT2D eigenvalue weighted by atomic mass is 9.98. The third-order valence-corrected chi connectivity index (χ3v) is 3.44. The largest absolute Gasteiger partial charge is 0.324 e. The van der Waals surface area contributed by atoms with Crippen LogP contribution in [0, 0.1) is 25.5 Å². The van der Waals surface area contributed by atoms with Gasteiger partial charge in [-0.2, -0.15) is 5.10 Å². The molecule has 1 atom stereocenters. The van der Waals surface area contributed by atoms with Crippen molar-refractivity contribution in [2.24, 2.45) is 12.8 Å². The lowest BCUT2D eigenvalue weighted by molar-refractivity contribution is 0.560. The third kappa shape index (κ3) is 2.66. The van der Waals surface area contributed by atoms with Crippen LogP contribution in [0.2, 0.25) is 0 Å². The number of hydrogen-bond acceptors (Lipinski definition) is 2. The minimum Gasteiger partial charge on any atom is -0.324 e. The summed E-state index contributed by atoms with van der Waals surface area (Å²) in [4.78, 5) is 0. The van der Waals surface area contributed by atoms with E-state index in [0.717, 1.165) is 35.2 Å². The topological polar surface area (TPSA) is 43.8 Å². The maximum absolute atomic E-state index is 13.7. The van der Waals surface area contributed by atoms with Crippen LogP contribution in [0.5, 0.6) is 0 Å². The molecule has 1 unspecified atom stereocenters. The van der Waals surface area contributed by atoms with E-state index in [9.17, 15) is 8.78 Å². The summed E-state index contributed by atoms with van der Waals surface area (Å²) in [6, 6.07) is 2.76. The molecule has 0 aliphatic carbocycles. The van der Waals surface area contributed by atoms with E-state index in [1.54, 1.807) is 4.68 Å². The van der Waals surface area contributed by atoms with E-state index in [0.29, 0.717) is 6.42 Å². The van der Waals surface area contributed by atoms with Crippen molar-refractivity contribution < 1.29 is 8.78 Å². The van der Waals surface area contributed by atoms with Crippen LogP contribution in [-0.4, -0.2) is 9.78 Å². The summed E-state index contributed by atoms with van der Waals surface area (Å²) in [6.07, 6.45) is 0.436. The summed E-state index contributed by atoms with van der Waals surface area (Å²) in [6.45, 7) is 3.82. The van der Waals surface area contributed by atoms with Gasteiger partial charge in [-0.05, 0) is 44.0 Å². The Kier molecular flexibility index (Phi) is 3.66. The highest BCUT2D eigenvalue weighted by molar-refractivity contribution is 5.29. The molecule has 2 aromatic rings. The number of hydrogen-bond donors (Lipinski definition) is 1. The minimum atomic E-state index is -0.586. The quantitative estimate of drug-likeness (QED) is 0.927. The van der Waals surface area contributed by atoms with Gasteiger partial charge in [-0.1, -0.05) is 0 Å². The van der Waals surface area contributed by atoms with Gasteiger partial charge < -0.3 is 5.73 Å². The zero-order valence-corrected chi connectivity index (χ0v) is 11.2. The molecule has 0 saturated heterocycles. The van der Waals surface area contributed by atoms with Crippen molar-refractivity contribution in [1.82, 2.24) is 9.78 Å². The molecule has 19 heavy (non-hydrogen) atoms. The standard InChI is InChI=1S/C14H17F2N3/c1-8-11(9(2)19(3)18-8)7-14(17)12-6-10(15)4-5-13(12)16/h4-6,14H,7,17H2,1-3H3. The highest BCUT2D eigenvalue weighted by Gasteiger charge is 2.17. The number of halogens is 2. The van der Waals surface area contributed by atoms with Crippen LogP contribution in [0.4, 0.5) is 8.78 Å². The first-order valence-electron chi connectivity index (χ1n) is 6.09. The van der Waals surface area contributed by atoms with Crippen molar-refractivity contribution in [2.75, 3.05) is 0 Å². The van der Waals surface area contributed by atoms with Gasteiger partial charge in [-0.25, -0.2) is 8.78 Å². The Morgan fingerprint density at radius 1 is 1.32 bits per heavy atom. The van der Waals surface area contributed by atoms with Crippen LogP contribution < -0.4 is 5.73 Å². The fraction of sp³-hybridized carbons (Fsp3) is 0.357. The van der Waals surface area contributed by atoms with Crippen molar-refractivity contribution in [1.29, 1.82) is 0 Å². The molecule has 1 heterocycles. The smallest absolute Gasteiger partial charge is 0.128 e. The molecule has 2 N–H and O–H groups in total. The number of nitrogens with two attached hydrogens (primary N) is 1. The Balaban J connectivity index is 2.30. The van der Waals surface area contributed by atoms with E-state index >= 15 is 0 Å². The first kappa shape index (κ1) is 13.7. The first-order chi connectivity index (χ1) is 8.90. The van der Waals surface area contributed by atoms with Gasteiger partial charge in [0.15, 0.2) is 0 Å². The molecule has 1 aromatic carbocycles. The van der Waals surface area contributed by atoms with Crippen molar-refractivity contribution in [3.8, 4) is 0 Å². The van der Waals surface area contributed by atoms with Gasteiger partial charge in [0.05, 0.1) is 5.69 Å². The number of nitrogens with zero attached hydrogens (tertiary/aromatic N) is 2. The monoisotopic (exact) mass is 265 g/mol. The number of rotatable bonds is 3. The Labute approximate surface area is 111 Å². The fourth-order valence-corrected chi connectivity index (χ4v) is 2.24. The average Bonchev–Trinajstić information content (AvgIpc) is 2.59. The zero-order valence-electron chi connectivity index (χ0n) is 11.2. The Morgan fingerprint density at radius 3 is 2.58 bits per heavy atom. The van der Waals surface area contributed by atoms with Crippen LogP contribution in [0.3, 0.4) is 0 Å². The SMILES string of the molecule is Cc1nn(C)c(C)c1CC(N)c1cc(F)ccc1F. The van der Waals surface area contributed by atoms with Crippen LogP contribution in [-0.2, 0) is 13.5 Å². The van der Waals surface area contributed by atoms with Crippen LogP contribution >= 0.6 is 0 Å². The summed E-state index contributed by atoms with van der Waals surface area (Å²) in [5.74, 6) is -0.959. The molecule has 0 fully saturated rings. The molecule has 0 aliphatic rings. The summed E-state index contributed by atoms with van der Waals surface area (Å²) < 4.78 is 28.6. The van der Waals surface area contributed by atoms with Gasteiger partial charge in [0.2, 0.25) is 0 Å². The second kappa shape index (κ2) is 5.09. The number of aromatic nitrogens is 2. The van der Waals surface area contributed by atoms with Crippen LogP contribution in [0.1, 0.15) is 28.6 Å². The van der Waals surface area contributed by atoms with E-state index in [4.69, 9.17) is 5.73 Å². The van der Waals surface area contributed by atoms with Gasteiger partial charge in [-0.3, -0.25) is 4.68 Å². The van der Waals surface area contributed by atoms with Gasteiger partial charge >= 0.3 is 0 Å². The van der Waals surface area contributed by atoms with Gasteiger partial charge in [0.1, 0.15) is 11.6 Å². The highest BCUT2D eigenvalue weighted by atomic mass is 19.1. The van der Waals surface area contributed by atoms with E-state index < -0.39 is 17.7 Å². The molecule has 2 rings (SSSR count). The minimum absolute atomic E-state index is 0.197. The molecule has 102 valence electrons. The molecule has 1 aromatic heterocycles. The summed E-state index contributed by atoms with van der Waals surface area (Å²) in [7, 11) is 1.85. The van der Waals surface area contributed by atoms with E-state index in [1.165, 1.54) is 0 Å². The maximum atomic E-state index is 13.7. The molecule has 0 bridgehead atoms.